The molecule has 3 nitrogen and oxygen atoms in total. The molecule has 0 bridgehead atoms. The molecule has 1 aromatic rings. The van der Waals surface area contributed by atoms with Gasteiger partial charge in [-0.05, 0) is 37.9 Å². The van der Waals surface area contributed by atoms with Gasteiger partial charge in [-0.2, -0.15) is 0 Å². The Hall–Kier alpha value is -0.630. The fourth-order valence-corrected chi connectivity index (χ4v) is 5.56. The summed E-state index contributed by atoms with van der Waals surface area (Å²) in [6.45, 7) is 0.654. The Labute approximate surface area is 109 Å². The van der Waals surface area contributed by atoms with E-state index in [0.29, 0.717) is 18.6 Å². The number of fused-ring (bicyclic) bond motifs is 1. The molecule has 0 spiro atoms. The maximum atomic E-state index is 13.1. The molecular formula is C14H20NO2P. The van der Waals surface area contributed by atoms with Gasteiger partial charge in [0, 0.05) is 6.04 Å². The Kier molecular flexibility index (Phi) is 3.31. The Bertz CT molecular complexity index is 462. The maximum Gasteiger partial charge on any atom is 0.302 e. The molecule has 1 saturated carbocycles. The molecule has 0 N–H and O–H groups in total. The van der Waals surface area contributed by atoms with Crippen molar-refractivity contribution in [3.05, 3.63) is 30.3 Å². The van der Waals surface area contributed by atoms with Gasteiger partial charge in [-0.1, -0.05) is 31.0 Å². The lowest BCUT2D eigenvalue weighted by Crippen LogP contribution is -2.46. The first-order valence-electron chi connectivity index (χ1n) is 6.75. The highest BCUT2D eigenvalue weighted by Gasteiger charge is 2.44. The predicted molar refractivity (Wildman–Crippen MR) is 73.1 cm³/mol. The molecule has 1 aromatic carbocycles. The number of hydrogen-bond donors (Lipinski definition) is 0. The first kappa shape index (κ1) is 12.4. The number of hydrogen-bond acceptors (Lipinski definition) is 2. The van der Waals surface area contributed by atoms with Crippen LogP contribution in [-0.2, 0) is 9.09 Å². The van der Waals surface area contributed by atoms with Gasteiger partial charge >= 0.3 is 7.52 Å². The van der Waals surface area contributed by atoms with E-state index in [1.165, 1.54) is 19.3 Å². The summed E-state index contributed by atoms with van der Waals surface area (Å²) in [6, 6.07) is 10.1. The molecule has 0 radical (unpaired) electrons. The van der Waals surface area contributed by atoms with E-state index >= 15 is 0 Å². The second-order valence-corrected chi connectivity index (χ2v) is 7.78. The van der Waals surface area contributed by atoms with Crippen molar-refractivity contribution in [1.82, 2.24) is 4.67 Å². The van der Waals surface area contributed by atoms with Gasteiger partial charge in [-0.25, -0.2) is 4.67 Å². The fourth-order valence-electron chi connectivity index (χ4n) is 3.23. The summed E-state index contributed by atoms with van der Waals surface area (Å²) in [5.41, 5.74) is 0. The molecule has 18 heavy (non-hydrogen) atoms. The topological polar surface area (TPSA) is 29.5 Å². The molecule has 4 heteroatoms. The van der Waals surface area contributed by atoms with Crippen molar-refractivity contribution < 1.29 is 9.09 Å². The monoisotopic (exact) mass is 265 g/mol. The van der Waals surface area contributed by atoms with Gasteiger partial charge in [0.15, 0.2) is 0 Å². The first-order chi connectivity index (χ1) is 8.72. The summed E-state index contributed by atoms with van der Waals surface area (Å²) in [7, 11) is -0.845. The van der Waals surface area contributed by atoms with Crippen LogP contribution < -0.4 is 5.30 Å². The molecule has 1 unspecified atom stereocenters. The average Bonchev–Trinajstić information content (AvgIpc) is 2.44. The lowest BCUT2D eigenvalue weighted by atomic mass is 9.85. The summed E-state index contributed by atoms with van der Waals surface area (Å²) in [4.78, 5) is 0. The van der Waals surface area contributed by atoms with Crippen LogP contribution in [0.2, 0.25) is 0 Å². The number of benzene rings is 1. The fraction of sp³-hybridized carbons (Fsp3) is 0.571. The molecule has 1 aliphatic carbocycles. The summed E-state index contributed by atoms with van der Waals surface area (Å²) < 4.78 is 21.0. The molecule has 1 saturated heterocycles. The minimum atomic E-state index is -2.81. The quantitative estimate of drug-likeness (QED) is 0.731. The molecule has 2 fully saturated rings. The highest BCUT2D eigenvalue weighted by Crippen LogP contribution is 2.56. The van der Waals surface area contributed by atoms with E-state index in [9.17, 15) is 4.57 Å². The minimum Gasteiger partial charge on any atom is -0.314 e. The van der Waals surface area contributed by atoms with E-state index in [0.717, 1.165) is 11.7 Å². The van der Waals surface area contributed by atoms with E-state index in [1.807, 2.05) is 42.0 Å². The molecule has 98 valence electrons. The molecule has 1 heterocycles. The normalized spacial score (nSPS) is 37.2. The third-order valence-electron chi connectivity index (χ3n) is 4.31. The largest absolute Gasteiger partial charge is 0.314 e. The van der Waals surface area contributed by atoms with Crippen LogP contribution in [0, 0.1) is 5.92 Å². The standard InChI is InChI=1S/C14H20NO2P/c1-15-14-10-6-5-7-12(14)11-17-18(15,16)13-8-3-2-4-9-13/h2-4,8-9,12,14H,5-7,10-11H2,1H3/t12-,14-,18?/m0/s1. The van der Waals surface area contributed by atoms with Crippen LogP contribution in [0.1, 0.15) is 25.7 Å². The van der Waals surface area contributed by atoms with Gasteiger partial charge in [-0.3, -0.25) is 4.57 Å². The van der Waals surface area contributed by atoms with E-state index in [4.69, 9.17) is 4.52 Å². The summed E-state index contributed by atoms with van der Waals surface area (Å²) >= 11 is 0. The Morgan fingerprint density at radius 3 is 2.72 bits per heavy atom. The molecule has 3 atom stereocenters. The van der Waals surface area contributed by atoms with E-state index in [-0.39, 0.29) is 0 Å². The minimum absolute atomic E-state index is 0.429. The molecule has 3 rings (SSSR count). The zero-order valence-electron chi connectivity index (χ0n) is 10.8. The maximum absolute atomic E-state index is 13.1. The highest BCUT2D eigenvalue weighted by molar-refractivity contribution is 7.64. The second kappa shape index (κ2) is 4.80. The van der Waals surface area contributed by atoms with Crippen molar-refractivity contribution in [2.24, 2.45) is 5.92 Å². The number of nitrogens with zero attached hydrogens (tertiary/aromatic N) is 1. The van der Waals surface area contributed by atoms with Crippen molar-refractivity contribution in [1.29, 1.82) is 0 Å². The Balaban J connectivity index is 1.92. The smallest absolute Gasteiger partial charge is 0.302 e. The van der Waals surface area contributed by atoms with Crippen molar-refractivity contribution >= 4 is 12.8 Å². The van der Waals surface area contributed by atoms with Crippen molar-refractivity contribution in [2.75, 3.05) is 13.7 Å². The van der Waals surface area contributed by atoms with E-state index < -0.39 is 7.52 Å². The van der Waals surface area contributed by atoms with Gasteiger partial charge in [0.1, 0.15) is 0 Å². The molecule has 0 aromatic heterocycles. The van der Waals surface area contributed by atoms with Crippen molar-refractivity contribution in [3.8, 4) is 0 Å². The Morgan fingerprint density at radius 2 is 1.94 bits per heavy atom. The van der Waals surface area contributed by atoms with Gasteiger partial charge in [0.05, 0.1) is 11.9 Å². The third kappa shape index (κ3) is 1.95. The average molecular weight is 265 g/mol. The van der Waals surface area contributed by atoms with Crippen molar-refractivity contribution in [2.45, 2.75) is 31.7 Å². The molecule has 1 aliphatic heterocycles. The summed E-state index contributed by atoms with van der Waals surface area (Å²) in [5, 5.41) is 0.830. The summed E-state index contributed by atoms with van der Waals surface area (Å²) in [6.07, 6.45) is 4.90. The number of rotatable bonds is 1. The molecular weight excluding hydrogens is 245 g/mol. The van der Waals surface area contributed by atoms with Crippen LogP contribution >= 0.6 is 7.52 Å². The van der Waals surface area contributed by atoms with Gasteiger partial charge < -0.3 is 4.52 Å². The SMILES string of the molecule is CN1[C@H]2CCCC[C@H]2COP1(=O)c1ccccc1. The highest BCUT2D eigenvalue weighted by atomic mass is 31.2. The van der Waals surface area contributed by atoms with Crippen LogP contribution in [0.3, 0.4) is 0 Å². The van der Waals surface area contributed by atoms with Crippen LogP contribution in [0.15, 0.2) is 30.3 Å². The first-order valence-corrected chi connectivity index (χ1v) is 8.33. The van der Waals surface area contributed by atoms with Crippen LogP contribution in [0.5, 0.6) is 0 Å². The molecule has 0 amide bonds. The third-order valence-corrected chi connectivity index (χ3v) is 6.89. The van der Waals surface area contributed by atoms with E-state index in [1.54, 1.807) is 0 Å². The van der Waals surface area contributed by atoms with Crippen LogP contribution in [0.4, 0.5) is 0 Å². The summed E-state index contributed by atoms with van der Waals surface area (Å²) in [5.74, 6) is 0.564. The lowest BCUT2D eigenvalue weighted by molar-refractivity contribution is 0.0836. The van der Waals surface area contributed by atoms with E-state index in [2.05, 4.69) is 0 Å². The zero-order valence-corrected chi connectivity index (χ0v) is 11.7. The zero-order chi connectivity index (χ0) is 12.6. The van der Waals surface area contributed by atoms with Gasteiger partial charge in [-0.15, -0.1) is 0 Å². The lowest BCUT2D eigenvalue weighted by Gasteiger charge is -2.45. The Morgan fingerprint density at radius 1 is 1.22 bits per heavy atom. The van der Waals surface area contributed by atoms with Crippen LogP contribution in [0.25, 0.3) is 0 Å². The second-order valence-electron chi connectivity index (χ2n) is 5.34. The van der Waals surface area contributed by atoms with Gasteiger partial charge in [0.2, 0.25) is 0 Å². The van der Waals surface area contributed by atoms with Crippen molar-refractivity contribution in [3.63, 3.8) is 0 Å². The predicted octanol–water partition coefficient (Wildman–Crippen LogP) is 3.03. The van der Waals surface area contributed by atoms with Crippen LogP contribution in [-0.4, -0.2) is 24.4 Å². The van der Waals surface area contributed by atoms with Gasteiger partial charge in [0.25, 0.3) is 0 Å². The molecule has 2 aliphatic rings.